The molecule has 3 amide bonds. The number of nitrogens with zero attached hydrogens (tertiary/aromatic N) is 2. The minimum Gasteiger partial charge on any atom is -0.354 e. The van der Waals surface area contributed by atoms with Gasteiger partial charge in [-0.05, 0) is 36.3 Å². The number of amides is 3. The summed E-state index contributed by atoms with van der Waals surface area (Å²) in [5, 5.41) is 3.89. The maximum Gasteiger partial charge on any atom is 0.261 e. The lowest BCUT2D eigenvalue weighted by atomic mass is 9.94. The van der Waals surface area contributed by atoms with Crippen molar-refractivity contribution in [2.45, 2.75) is 32.1 Å². The molecule has 2 aliphatic rings. The molecule has 2 aliphatic heterocycles. The van der Waals surface area contributed by atoms with E-state index in [4.69, 9.17) is 0 Å². The molecule has 0 saturated carbocycles. The molecule has 29 heavy (non-hydrogen) atoms. The summed E-state index contributed by atoms with van der Waals surface area (Å²) in [6.45, 7) is 4.31. The molecule has 1 atom stereocenters. The first-order chi connectivity index (χ1) is 14.0. The Balaban J connectivity index is 1.51. The van der Waals surface area contributed by atoms with Crippen molar-refractivity contribution < 1.29 is 14.4 Å². The first kappa shape index (κ1) is 19.9. The summed E-state index contributed by atoms with van der Waals surface area (Å²) in [4.78, 5) is 41.7. The van der Waals surface area contributed by atoms with E-state index >= 15 is 0 Å². The van der Waals surface area contributed by atoms with Gasteiger partial charge in [0.05, 0.1) is 4.88 Å². The zero-order valence-corrected chi connectivity index (χ0v) is 17.8. The molecule has 0 aliphatic carbocycles. The van der Waals surface area contributed by atoms with Crippen molar-refractivity contribution in [2.75, 3.05) is 33.2 Å². The van der Waals surface area contributed by atoms with Crippen LogP contribution < -0.4 is 5.32 Å². The lowest BCUT2D eigenvalue weighted by Crippen LogP contribution is -2.43. The molecular formula is C22H27N3O3S. The highest BCUT2D eigenvalue weighted by Gasteiger charge is 2.36. The number of carbonyl (C=O) groups is 3. The number of thiophene rings is 1. The Morgan fingerprint density at radius 2 is 1.72 bits per heavy atom. The second kappa shape index (κ2) is 8.14. The number of carbonyl (C=O) groups excluding carboxylic acids is 3. The number of rotatable bonds is 3. The molecule has 2 saturated heterocycles. The molecule has 1 aromatic heterocycles. The van der Waals surface area contributed by atoms with E-state index in [1.807, 2.05) is 21.9 Å². The van der Waals surface area contributed by atoms with E-state index in [9.17, 15) is 14.4 Å². The molecule has 0 radical (unpaired) electrons. The highest BCUT2D eigenvalue weighted by atomic mass is 32.1. The standard InChI is InChI=1S/C22H27N3O3S/c1-14(26)24-10-7-15(8-11-24)22(28)25-12-9-16(13-25)19-17-5-3-4-6-18(17)29-20(19)21(27)23-2/h3-6,15-16H,7-13H2,1-2H3,(H,23,27)/t16-/m1/s1. The van der Waals surface area contributed by atoms with Gasteiger partial charge in [0.25, 0.3) is 5.91 Å². The summed E-state index contributed by atoms with van der Waals surface area (Å²) < 4.78 is 1.11. The van der Waals surface area contributed by atoms with E-state index in [2.05, 4.69) is 17.4 Å². The van der Waals surface area contributed by atoms with Crippen LogP contribution in [0.2, 0.25) is 0 Å². The number of nitrogens with one attached hydrogen (secondary N) is 1. The number of hydrogen-bond acceptors (Lipinski definition) is 4. The summed E-state index contributed by atoms with van der Waals surface area (Å²) >= 11 is 1.53. The van der Waals surface area contributed by atoms with E-state index in [1.165, 1.54) is 11.3 Å². The normalized spacial score (nSPS) is 20.3. The monoisotopic (exact) mass is 413 g/mol. The third-order valence-electron chi connectivity index (χ3n) is 6.26. The molecule has 3 heterocycles. The van der Waals surface area contributed by atoms with Gasteiger partial charge in [0, 0.05) is 56.7 Å². The molecule has 6 nitrogen and oxygen atoms in total. The summed E-state index contributed by atoms with van der Waals surface area (Å²) in [5.74, 6) is 0.421. The first-order valence-corrected chi connectivity index (χ1v) is 11.1. The fourth-order valence-corrected chi connectivity index (χ4v) is 5.88. The largest absolute Gasteiger partial charge is 0.354 e. The second-order valence-corrected chi connectivity index (χ2v) is 9.02. The van der Waals surface area contributed by atoms with Gasteiger partial charge >= 0.3 is 0 Å². The Hall–Kier alpha value is -2.41. The van der Waals surface area contributed by atoms with Gasteiger partial charge in [0.15, 0.2) is 0 Å². The minimum absolute atomic E-state index is 0.00183. The van der Waals surface area contributed by atoms with Gasteiger partial charge < -0.3 is 15.1 Å². The van der Waals surface area contributed by atoms with Gasteiger partial charge in [0.2, 0.25) is 11.8 Å². The van der Waals surface area contributed by atoms with Crippen molar-refractivity contribution in [3.8, 4) is 0 Å². The van der Waals surface area contributed by atoms with Gasteiger partial charge in [0.1, 0.15) is 0 Å². The number of hydrogen-bond donors (Lipinski definition) is 1. The minimum atomic E-state index is -0.0532. The van der Waals surface area contributed by atoms with Gasteiger partial charge in [-0.25, -0.2) is 0 Å². The SMILES string of the molecule is CNC(=O)c1sc2ccccc2c1[C@@H]1CCN(C(=O)C2CCN(C(C)=O)CC2)C1. The lowest BCUT2D eigenvalue weighted by Gasteiger charge is -2.32. The molecule has 1 aromatic carbocycles. The van der Waals surface area contributed by atoms with Crippen LogP contribution in [0.3, 0.4) is 0 Å². The molecule has 2 fully saturated rings. The summed E-state index contributed by atoms with van der Waals surface area (Å²) in [6, 6.07) is 8.13. The topological polar surface area (TPSA) is 69.7 Å². The Kier molecular flexibility index (Phi) is 5.58. The van der Waals surface area contributed by atoms with Crippen LogP contribution in [-0.4, -0.2) is 60.7 Å². The van der Waals surface area contributed by atoms with Gasteiger partial charge in [-0.15, -0.1) is 11.3 Å². The van der Waals surface area contributed by atoms with Crippen molar-refractivity contribution in [1.82, 2.24) is 15.1 Å². The van der Waals surface area contributed by atoms with E-state index in [-0.39, 0.29) is 29.6 Å². The third-order valence-corrected chi connectivity index (χ3v) is 7.45. The maximum absolute atomic E-state index is 13.1. The quantitative estimate of drug-likeness (QED) is 0.841. The van der Waals surface area contributed by atoms with Gasteiger partial charge in [-0.1, -0.05) is 18.2 Å². The van der Waals surface area contributed by atoms with Crippen molar-refractivity contribution in [1.29, 1.82) is 0 Å². The average molecular weight is 414 g/mol. The number of benzene rings is 1. The molecule has 1 N–H and O–H groups in total. The van der Waals surface area contributed by atoms with E-state index in [1.54, 1.807) is 14.0 Å². The molecular weight excluding hydrogens is 386 g/mol. The van der Waals surface area contributed by atoms with Crippen LogP contribution in [0.15, 0.2) is 24.3 Å². The van der Waals surface area contributed by atoms with Crippen LogP contribution in [0, 0.1) is 5.92 Å². The second-order valence-electron chi connectivity index (χ2n) is 7.97. The maximum atomic E-state index is 13.1. The molecule has 154 valence electrons. The highest BCUT2D eigenvalue weighted by molar-refractivity contribution is 7.21. The van der Waals surface area contributed by atoms with Crippen LogP contribution in [0.5, 0.6) is 0 Å². The van der Waals surface area contributed by atoms with E-state index in [0.717, 1.165) is 46.3 Å². The first-order valence-electron chi connectivity index (χ1n) is 10.3. The molecule has 7 heteroatoms. The van der Waals surface area contributed by atoms with E-state index < -0.39 is 0 Å². The van der Waals surface area contributed by atoms with Crippen LogP contribution in [0.25, 0.3) is 10.1 Å². The Morgan fingerprint density at radius 1 is 1.03 bits per heavy atom. The summed E-state index contributed by atoms with van der Waals surface area (Å²) in [7, 11) is 1.66. The van der Waals surface area contributed by atoms with Crippen molar-refractivity contribution in [3.05, 3.63) is 34.7 Å². The zero-order chi connectivity index (χ0) is 20.5. The van der Waals surface area contributed by atoms with Gasteiger partial charge in [-0.3, -0.25) is 14.4 Å². The summed E-state index contributed by atoms with van der Waals surface area (Å²) in [5.41, 5.74) is 1.09. The van der Waals surface area contributed by atoms with E-state index in [0.29, 0.717) is 19.6 Å². The average Bonchev–Trinajstić information content (AvgIpc) is 3.37. The molecule has 0 bridgehead atoms. The van der Waals surface area contributed by atoms with Crippen LogP contribution >= 0.6 is 11.3 Å². The van der Waals surface area contributed by atoms with Crippen LogP contribution in [0.4, 0.5) is 0 Å². The highest BCUT2D eigenvalue weighted by Crippen LogP contribution is 2.40. The smallest absolute Gasteiger partial charge is 0.261 e. The fraction of sp³-hybridized carbons (Fsp3) is 0.500. The Morgan fingerprint density at radius 3 is 2.41 bits per heavy atom. The van der Waals surface area contributed by atoms with Crippen molar-refractivity contribution in [2.24, 2.45) is 5.92 Å². The Bertz CT molecular complexity index is 946. The van der Waals surface area contributed by atoms with Crippen LogP contribution in [0.1, 0.15) is 47.3 Å². The summed E-state index contributed by atoms with van der Waals surface area (Å²) in [6.07, 6.45) is 2.36. The lowest BCUT2D eigenvalue weighted by molar-refractivity contribution is -0.139. The number of piperidine rings is 1. The number of likely N-dealkylation sites (tertiary alicyclic amines) is 2. The predicted molar refractivity (Wildman–Crippen MR) is 114 cm³/mol. The fourth-order valence-electron chi connectivity index (χ4n) is 4.65. The zero-order valence-electron chi connectivity index (χ0n) is 16.9. The van der Waals surface area contributed by atoms with Crippen molar-refractivity contribution in [3.63, 3.8) is 0 Å². The van der Waals surface area contributed by atoms with Crippen LogP contribution in [-0.2, 0) is 9.59 Å². The predicted octanol–water partition coefficient (Wildman–Crippen LogP) is 2.84. The molecule has 2 aromatic rings. The van der Waals surface area contributed by atoms with Crippen molar-refractivity contribution >= 4 is 39.1 Å². The Labute approximate surface area is 174 Å². The van der Waals surface area contributed by atoms with Gasteiger partial charge in [-0.2, -0.15) is 0 Å². The molecule has 4 rings (SSSR count). The molecule has 0 spiro atoms. The number of fused-ring (bicyclic) bond motifs is 1. The third kappa shape index (κ3) is 3.75. The molecule has 0 unspecified atom stereocenters.